The van der Waals surface area contributed by atoms with E-state index in [9.17, 15) is 0 Å². The number of nitrogens with zero attached hydrogens (tertiary/aromatic N) is 2. The van der Waals surface area contributed by atoms with Gasteiger partial charge in [0.25, 0.3) is 0 Å². The van der Waals surface area contributed by atoms with Gasteiger partial charge in [0.2, 0.25) is 0 Å². The van der Waals surface area contributed by atoms with Crippen LogP contribution in [0.3, 0.4) is 0 Å². The van der Waals surface area contributed by atoms with Crippen molar-refractivity contribution in [1.29, 1.82) is 0 Å². The van der Waals surface area contributed by atoms with Crippen molar-refractivity contribution in [2.24, 2.45) is 17.8 Å². The molecule has 0 N–H and O–H groups in total. The Morgan fingerprint density at radius 1 is 0.758 bits per heavy atom. The molecule has 4 fully saturated rings. The molecule has 0 spiro atoms. The molecule has 33 heavy (non-hydrogen) atoms. The van der Waals surface area contributed by atoms with Gasteiger partial charge in [-0.1, -0.05) is 24.3 Å². The van der Waals surface area contributed by atoms with Crippen LogP contribution < -0.4 is 9.47 Å². The van der Waals surface area contributed by atoms with E-state index in [1.165, 1.54) is 88.4 Å². The molecule has 1 aromatic carbocycles. The molecule has 0 unspecified atom stereocenters. The number of benzene rings is 1. The van der Waals surface area contributed by atoms with Crippen LogP contribution in [0.15, 0.2) is 48.8 Å². The van der Waals surface area contributed by atoms with Crippen molar-refractivity contribution in [2.75, 3.05) is 18.0 Å². The highest BCUT2D eigenvalue weighted by molar-refractivity contribution is 5.68. The zero-order chi connectivity index (χ0) is 21.8. The van der Waals surface area contributed by atoms with Gasteiger partial charge in [-0.25, -0.2) is 0 Å². The first-order chi connectivity index (χ1) is 16.2. The fraction of sp³-hybridized carbons (Fsp3) is 0.516. The van der Waals surface area contributed by atoms with Gasteiger partial charge < -0.3 is 4.90 Å². The zero-order valence-corrected chi connectivity index (χ0v) is 19.9. The number of aryl methyl sites for hydroxylation is 2. The molecule has 170 valence electrons. The van der Waals surface area contributed by atoms with Crippen LogP contribution in [0.4, 0.5) is 5.69 Å². The average Bonchev–Trinajstić information content (AvgIpc) is 2.82. The van der Waals surface area contributed by atoms with E-state index in [4.69, 9.17) is 0 Å². The maximum atomic E-state index is 2.62. The van der Waals surface area contributed by atoms with Gasteiger partial charge >= 0.3 is 0 Å². The van der Waals surface area contributed by atoms with Gasteiger partial charge in [-0.15, -0.1) is 0 Å². The van der Waals surface area contributed by atoms with Gasteiger partial charge in [-0.2, -0.15) is 4.57 Å². The molecule has 0 saturated heterocycles. The lowest BCUT2D eigenvalue weighted by Crippen LogP contribution is -2.64. The molecule has 2 nitrogen and oxygen atoms in total. The minimum atomic E-state index is 0.430. The normalized spacial score (nSPS) is 32.1. The second-order valence-electron chi connectivity index (χ2n) is 11.8. The Morgan fingerprint density at radius 3 is 1.88 bits per heavy atom. The Kier molecular flexibility index (Phi) is 4.78. The fourth-order valence-electron chi connectivity index (χ4n) is 8.51. The van der Waals surface area contributed by atoms with E-state index in [1.807, 2.05) is 0 Å². The summed E-state index contributed by atoms with van der Waals surface area (Å²) in [7, 11) is 0. The lowest BCUT2D eigenvalue weighted by molar-refractivity contribution is -0.776. The monoisotopic (exact) mass is 437 g/mol. The number of aromatic nitrogens is 1. The quantitative estimate of drug-likeness (QED) is 0.401. The minimum Gasteiger partial charge on any atom is -0.371 e. The van der Waals surface area contributed by atoms with E-state index in [0.29, 0.717) is 5.54 Å². The van der Waals surface area contributed by atoms with Crippen LogP contribution in [0.1, 0.15) is 73.6 Å². The van der Waals surface area contributed by atoms with E-state index in [1.54, 1.807) is 16.8 Å². The van der Waals surface area contributed by atoms with Crippen molar-refractivity contribution in [3.05, 3.63) is 71.1 Å². The summed E-state index contributed by atoms with van der Waals surface area (Å²) in [5.41, 5.74) is 7.80. The van der Waals surface area contributed by atoms with Crippen LogP contribution in [-0.4, -0.2) is 13.1 Å². The Bertz CT molecular complexity index is 1040. The first-order valence-corrected chi connectivity index (χ1v) is 13.5. The summed E-state index contributed by atoms with van der Waals surface area (Å²) in [5.74, 6) is 2.99. The number of pyridine rings is 1. The maximum absolute atomic E-state index is 2.62. The molecule has 2 aliphatic heterocycles. The standard InChI is InChI=1S/C31H37N2/c1(2-6-24-18-28-7-3-11-32-12-4-8-29(19-24)30(28)32)5-23-9-13-33(14-10-23)31-20-25-15-26(21-31)17-27(16-25)22-31/h1-2,5-6,9-10,13-14,18-19,25-27H,3-4,7-8,11-12,15-17,20-22H2/q+1. The number of rotatable bonds is 4. The van der Waals surface area contributed by atoms with Crippen LogP contribution >= 0.6 is 0 Å². The third kappa shape index (κ3) is 3.57. The van der Waals surface area contributed by atoms with E-state index >= 15 is 0 Å². The molecule has 2 aromatic rings. The van der Waals surface area contributed by atoms with Crippen molar-refractivity contribution < 1.29 is 4.57 Å². The van der Waals surface area contributed by atoms with Crippen molar-refractivity contribution in [3.8, 4) is 0 Å². The van der Waals surface area contributed by atoms with Gasteiger partial charge in [-0.05, 0) is 97.1 Å². The molecule has 0 atom stereocenters. The second kappa shape index (κ2) is 7.86. The van der Waals surface area contributed by atoms with Crippen LogP contribution in [0.2, 0.25) is 0 Å². The molecule has 8 rings (SSSR count). The number of hydrogen-bond donors (Lipinski definition) is 0. The highest BCUT2D eigenvalue weighted by Gasteiger charge is 2.56. The predicted molar refractivity (Wildman–Crippen MR) is 136 cm³/mol. The number of allylic oxidation sites excluding steroid dienone is 2. The fourth-order valence-corrected chi connectivity index (χ4v) is 8.51. The van der Waals surface area contributed by atoms with Crippen LogP contribution in [0, 0.1) is 17.8 Å². The Balaban J connectivity index is 1.06. The average molecular weight is 438 g/mol. The summed E-state index contributed by atoms with van der Waals surface area (Å²) in [4.78, 5) is 2.62. The van der Waals surface area contributed by atoms with Crippen molar-refractivity contribution in [2.45, 2.75) is 69.7 Å². The molecule has 4 saturated carbocycles. The smallest absolute Gasteiger partial charge is 0.169 e. The Morgan fingerprint density at radius 2 is 1.30 bits per heavy atom. The predicted octanol–water partition coefficient (Wildman–Crippen LogP) is 6.32. The summed E-state index contributed by atoms with van der Waals surface area (Å²) in [6.07, 6.45) is 27.6. The summed E-state index contributed by atoms with van der Waals surface area (Å²) in [5, 5.41) is 0. The third-order valence-electron chi connectivity index (χ3n) is 9.45. The first kappa shape index (κ1) is 20.1. The summed E-state index contributed by atoms with van der Waals surface area (Å²) in [6, 6.07) is 9.50. The van der Waals surface area contributed by atoms with Crippen LogP contribution in [0.25, 0.3) is 12.2 Å². The van der Waals surface area contributed by atoms with E-state index < -0.39 is 0 Å². The molecular formula is C31H37N2+. The number of anilines is 1. The summed E-state index contributed by atoms with van der Waals surface area (Å²) >= 11 is 0. The molecule has 4 aliphatic carbocycles. The number of hydrogen-bond acceptors (Lipinski definition) is 1. The minimum absolute atomic E-state index is 0.430. The molecule has 0 amide bonds. The van der Waals surface area contributed by atoms with Gasteiger partial charge in [0, 0.05) is 50.2 Å². The molecular weight excluding hydrogens is 400 g/mol. The molecule has 3 heterocycles. The first-order valence-electron chi connectivity index (χ1n) is 13.5. The highest BCUT2D eigenvalue weighted by atomic mass is 15.1. The Hall–Kier alpha value is -2.35. The van der Waals surface area contributed by atoms with Crippen LogP contribution in [0.5, 0.6) is 0 Å². The van der Waals surface area contributed by atoms with E-state index in [0.717, 1.165) is 17.8 Å². The van der Waals surface area contributed by atoms with E-state index in [2.05, 4.69) is 70.4 Å². The second-order valence-corrected chi connectivity index (χ2v) is 11.8. The van der Waals surface area contributed by atoms with Gasteiger partial charge in [0.15, 0.2) is 17.9 Å². The van der Waals surface area contributed by atoms with Gasteiger partial charge in [0.05, 0.1) is 0 Å². The molecule has 6 aliphatic rings. The summed E-state index contributed by atoms with van der Waals surface area (Å²) in [6.45, 7) is 2.50. The SMILES string of the molecule is C(/C=C/c1cc2c3c(c1)CCCN3CCC2)=C\c1cc[n+](C23CC4CC(CC(C4)C2)C3)cc1. The molecule has 4 bridgehead atoms. The zero-order valence-electron chi connectivity index (χ0n) is 19.9. The van der Waals surface area contributed by atoms with Gasteiger partial charge in [0.1, 0.15) is 0 Å². The largest absolute Gasteiger partial charge is 0.371 e. The van der Waals surface area contributed by atoms with Gasteiger partial charge in [-0.3, -0.25) is 0 Å². The third-order valence-corrected chi connectivity index (χ3v) is 9.45. The Labute approximate surface area is 199 Å². The van der Waals surface area contributed by atoms with Crippen LogP contribution in [-0.2, 0) is 18.4 Å². The lowest BCUT2D eigenvalue weighted by atomic mass is 9.53. The lowest BCUT2D eigenvalue weighted by Gasteiger charge is -2.53. The summed E-state index contributed by atoms with van der Waals surface area (Å²) < 4.78 is 2.59. The van der Waals surface area contributed by atoms with Crippen molar-refractivity contribution >= 4 is 17.8 Å². The maximum Gasteiger partial charge on any atom is 0.169 e. The highest BCUT2D eigenvalue weighted by Crippen LogP contribution is 2.56. The molecule has 2 heteroatoms. The molecule has 1 aromatic heterocycles. The van der Waals surface area contributed by atoms with E-state index in [-0.39, 0.29) is 0 Å². The van der Waals surface area contributed by atoms with Crippen molar-refractivity contribution in [3.63, 3.8) is 0 Å². The topological polar surface area (TPSA) is 7.12 Å². The van der Waals surface area contributed by atoms with Crippen molar-refractivity contribution in [1.82, 2.24) is 0 Å². The molecule has 0 radical (unpaired) electrons.